The fourth-order valence-corrected chi connectivity index (χ4v) is 3.85. The van der Waals surface area contributed by atoms with Crippen molar-refractivity contribution in [2.24, 2.45) is 0 Å². The number of hydrogen-bond acceptors (Lipinski definition) is 12. The van der Waals surface area contributed by atoms with Gasteiger partial charge >= 0.3 is 29.8 Å². The summed E-state index contributed by atoms with van der Waals surface area (Å²) in [7, 11) is 0. The van der Waals surface area contributed by atoms with Crippen molar-refractivity contribution in [3.63, 3.8) is 0 Å². The van der Waals surface area contributed by atoms with Gasteiger partial charge in [0.2, 0.25) is 0 Å². The van der Waals surface area contributed by atoms with E-state index >= 15 is 0 Å². The van der Waals surface area contributed by atoms with Crippen LogP contribution in [-0.2, 0) is 42.9 Å². The van der Waals surface area contributed by atoms with E-state index in [-0.39, 0.29) is 52.4 Å². The van der Waals surface area contributed by atoms with Gasteiger partial charge in [0.15, 0.2) is 0 Å². The molecule has 1 N–H and O–H groups in total. The van der Waals surface area contributed by atoms with Gasteiger partial charge in [0.25, 0.3) is 0 Å². The monoisotopic (exact) mass is 631 g/mol. The molecular weight excluding hydrogens is 574 g/mol. The van der Waals surface area contributed by atoms with Crippen molar-refractivity contribution in [3.8, 4) is 0 Å². The van der Waals surface area contributed by atoms with Crippen molar-refractivity contribution in [1.82, 2.24) is 14.7 Å². The summed E-state index contributed by atoms with van der Waals surface area (Å²) in [6.07, 6.45) is 0. The van der Waals surface area contributed by atoms with Crippen LogP contribution in [0.1, 0.15) is 90.0 Å². The van der Waals surface area contributed by atoms with Crippen molar-refractivity contribution in [2.45, 2.75) is 118 Å². The van der Waals surface area contributed by atoms with Crippen molar-refractivity contribution < 1.29 is 48.0 Å². The molecule has 13 heteroatoms. The zero-order valence-corrected chi connectivity index (χ0v) is 29.2. The minimum atomic E-state index is -1.08. The molecule has 13 nitrogen and oxygen atoms in total. The molecule has 0 aromatic heterocycles. The molecule has 0 rings (SSSR count). The van der Waals surface area contributed by atoms with Crippen LogP contribution in [0.4, 0.5) is 0 Å². The van der Waals surface area contributed by atoms with Crippen molar-refractivity contribution in [3.05, 3.63) is 0 Å². The van der Waals surface area contributed by atoms with Crippen LogP contribution in [0.25, 0.3) is 0 Å². The van der Waals surface area contributed by atoms with Gasteiger partial charge in [-0.25, -0.2) is 0 Å². The number of carbonyl (C=O) groups excluding carboxylic acids is 4. The third-order valence-corrected chi connectivity index (χ3v) is 5.40. The zero-order chi connectivity index (χ0) is 34.7. The van der Waals surface area contributed by atoms with Crippen LogP contribution in [0.5, 0.6) is 0 Å². The molecule has 0 aliphatic rings. The molecular formula is C31H57N3O10. The second-order valence-electron chi connectivity index (χ2n) is 14.8. The van der Waals surface area contributed by atoms with E-state index in [1.807, 2.05) is 0 Å². The Labute approximate surface area is 263 Å². The Hall–Kier alpha value is -2.77. The molecule has 1 unspecified atom stereocenters. The number of esters is 4. The first-order valence-electron chi connectivity index (χ1n) is 14.9. The average molecular weight is 632 g/mol. The summed E-state index contributed by atoms with van der Waals surface area (Å²) < 4.78 is 21.7. The SMILES string of the molecule is CC(C(=O)O)N(CCN(CC(=O)OC(C)(C)C)CC(=O)OC(C)(C)C)CCN(CC(=O)OC(C)(C)C)CC(=O)OC(C)(C)C. The molecule has 0 fully saturated rings. The highest BCUT2D eigenvalue weighted by atomic mass is 16.6. The van der Waals surface area contributed by atoms with E-state index in [2.05, 4.69) is 0 Å². The third kappa shape index (κ3) is 21.8. The third-order valence-electron chi connectivity index (χ3n) is 5.40. The Morgan fingerprint density at radius 1 is 0.500 bits per heavy atom. The fourth-order valence-electron chi connectivity index (χ4n) is 3.85. The molecule has 0 aromatic rings. The van der Waals surface area contributed by atoms with E-state index in [9.17, 15) is 29.1 Å². The normalized spacial score (nSPS) is 13.5. The quantitative estimate of drug-likeness (QED) is 0.196. The Kier molecular flexibility index (Phi) is 16.0. The molecule has 0 heterocycles. The lowest BCUT2D eigenvalue weighted by Gasteiger charge is -2.32. The maximum atomic E-state index is 12.6. The van der Waals surface area contributed by atoms with Crippen LogP contribution < -0.4 is 0 Å². The number of ether oxygens (including phenoxy) is 4. The van der Waals surface area contributed by atoms with Crippen molar-refractivity contribution >= 4 is 29.8 Å². The van der Waals surface area contributed by atoms with Gasteiger partial charge in [-0.05, 0) is 90.0 Å². The summed E-state index contributed by atoms with van der Waals surface area (Å²) in [4.78, 5) is 67.2. The Morgan fingerprint density at radius 3 is 0.909 bits per heavy atom. The van der Waals surface area contributed by atoms with Crippen LogP contribution in [-0.4, -0.2) is 130 Å². The van der Waals surface area contributed by atoms with Gasteiger partial charge in [0.1, 0.15) is 28.4 Å². The molecule has 0 aliphatic heterocycles. The average Bonchev–Trinajstić information content (AvgIpc) is 2.72. The molecule has 0 amide bonds. The largest absolute Gasteiger partial charge is 0.480 e. The smallest absolute Gasteiger partial charge is 0.320 e. The van der Waals surface area contributed by atoms with Crippen LogP contribution in [0.15, 0.2) is 0 Å². The molecule has 44 heavy (non-hydrogen) atoms. The number of carbonyl (C=O) groups is 5. The van der Waals surface area contributed by atoms with Crippen molar-refractivity contribution in [1.29, 1.82) is 0 Å². The molecule has 1 atom stereocenters. The maximum Gasteiger partial charge on any atom is 0.320 e. The van der Waals surface area contributed by atoms with Crippen LogP contribution in [0.2, 0.25) is 0 Å². The molecule has 256 valence electrons. The number of carboxylic acid groups (broad SMARTS) is 1. The minimum absolute atomic E-state index is 0.133. The highest BCUT2D eigenvalue weighted by Gasteiger charge is 2.28. The van der Waals surface area contributed by atoms with Crippen LogP contribution >= 0.6 is 0 Å². The highest BCUT2D eigenvalue weighted by Crippen LogP contribution is 2.12. The van der Waals surface area contributed by atoms with Gasteiger partial charge in [-0.1, -0.05) is 0 Å². The molecule has 0 radical (unpaired) electrons. The summed E-state index contributed by atoms with van der Waals surface area (Å²) in [6.45, 7) is 22.0. The minimum Gasteiger partial charge on any atom is -0.480 e. The molecule has 0 spiro atoms. The van der Waals surface area contributed by atoms with Crippen LogP contribution in [0.3, 0.4) is 0 Å². The first-order valence-corrected chi connectivity index (χ1v) is 14.9. The maximum absolute atomic E-state index is 12.6. The Morgan fingerprint density at radius 2 is 0.727 bits per heavy atom. The second kappa shape index (κ2) is 17.1. The Bertz CT molecular complexity index is 843. The van der Waals surface area contributed by atoms with Gasteiger partial charge in [-0.2, -0.15) is 0 Å². The van der Waals surface area contributed by atoms with Gasteiger partial charge in [-0.15, -0.1) is 0 Å². The zero-order valence-electron chi connectivity index (χ0n) is 29.2. The fraction of sp³-hybridized carbons (Fsp3) is 0.839. The molecule has 0 aliphatic carbocycles. The molecule has 0 aromatic carbocycles. The van der Waals surface area contributed by atoms with E-state index in [0.717, 1.165) is 0 Å². The lowest BCUT2D eigenvalue weighted by molar-refractivity contribution is -0.162. The van der Waals surface area contributed by atoms with E-state index in [0.29, 0.717) is 0 Å². The van der Waals surface area contributed by atoms with E-state index < -0.39 is 58.3 Å². The van der Waals surface area contributed by atoms with E-state index in [1.165, 1.54) is 6.92 Å². The lowest BCUT2D eigenvalue weighted by atomic mass is 10.2. The highest BCUT2D eigenvalue weighted by molar-refractivity contribution is 5.76. The topological polar surface area (TPSA) is 152 Å². The number of nitrogens with zero attached hydrogens (tertiary/aromatic N) is 3. The summed E-state index contributed by atoms with van der Waals surface area (Å²) in [5, 5.41) is 9.81. The Balaban J connectivity index is 5.89. The predicted molar refractivity (Wildman–Crippen MR) is 165 cm³/mol. The summed E-state index contributed by atoms with van der Waals surface area (Å²) in [5.74, 6) is -3.25. The van der Waals surface area contributed by atoms with Gasteiger partial charge in [0.05, 0.1) is 26.2 Å². The van der Waals surface area contributed by atoms with E-state index in [4.69, 9.17) is 18.9 Å². The summed E-state index contributed by atoms with van der Waals surface area (Å²) >= 11 is 0. The first kappa shape index (κ1) is 41.2. The number of aliphatic carboxylic acids is 1. The number of rotatable bonds is 16. The summed E-state index contributed by atoms with van der Waals surface area (Å²) in [6, 6.07) is -0.954. The molecule has 0 saturated carbocycles. The van der Waals surface area contributed by atoms with Crippen LogP contribution in [0, 0.1) is 0 Å². The molecule has 0 saturated heterocycles. The van der Waals surface area contributed by atoms with Crippen molar-refractivity contribution in [2.75, 3.05) is 52.4 Å². The standard InChI is InChI=1S/C31H57N3O10/c1-22(27(39)40)34(16-14-32(18-23(35)41-28(2,3)4)19-24(36)42-29(5,6)7)17-15-33(20-25(37)43-30(8,9)10)21-26(38)44-31(11,12)13/h22H,14-21H2,1-13H3,(H,39,40). The number of carboxylic acids is 1. The summed E-state index contributed by atoms with van der Waals surface area (Å²) in [5.41, 5.74) is -2.93. The lowest BCUT2D eigenvalue weighted by Crippen LogP contribution is -2.49. The first-order chi connectivity index (χ1) is 19.7. The van der Waals surface area contributed by atoms with Gasteiger partial charge < -0.3 is 24.1 Å². The number of hydrogen-bond donors (Lipinski definition) is 1. The van der Waals surface area contributed by atoms with E-state index in [1.54, 1.807) is 97.8 Å². The van der Waals surface area contributed by atoms with Gasteiger partial charge in [0, 0.05) is 26.2 Å². The molecule has 0 bridgehead atoms. The second-order valence-corrected chi connectivity index (χ2v) is 14.8. The van der Waals surface area contributed by atoms with Gasteiger partial charge in [-0.3, -0.25) is 38.7 Å². The predicted octanol–water partition coefficient (Wildman–Crippen LogP) is 2.73.